The van der Waals surface area contributed by atoms with E-state index in [9.17, 15) is 13.2 Å². The Labute approximate surface area is 132 Å². The van der Waals surface area contributed by atoms with Gasteiger partial charge in [0.2, 0.25) is 0 Å². The lowest BCUT2D eigenvalue weighted by Gasteiger charge is -2.43. The maximum atomic E-state index is 13.3. The van der Waals surface area contributed by atoms with Gasteiger partial charge in [0, 0.05) is 17.2 Å². The molecule has 1 aromatic rings. The fourth-order valence-electron chi connectivity index (χ4n) is 3.48. The van der Waals surface area contributed by atoms with Crippen molar-refractivity contribution in [1.82, 2.24) is 4.98 Å². The van der Waals surface area contributed by atoms with Gasteiger partial charge in [-0.25, -0.2) is 0 Å². The van der Waals surface area contributed by atoms with Crippen LogP contribution < -0.4 is 0 Å². The lowest BCUT2D eigenvalue weighted by Crippen LogP contribution is -2.39. The van der Waals surface area contributed by atoms with Crippen molar-refractivity contribution in [3.63, 3.8) is 0 Å². The highest BCUT2D eigenvalue weighted by Gasteiger charge is 2.44. The minimum atomic E-state index is -4.33. The molecule has 1 nitrogen and oxygen atoms in total. The van der Waals surface area contributed by atoms with E-state index in [-0.39, 0.29) is 10.7 Å². The molecule has 0 aromatic carbocycles. The number of pyridine rings is 1. The molecule has 0 radical (unpaired) electrons. The normalized spacial score (nSPS) is 27.7. The van der Waals surface area contributed by atoms with Crippen molar-refractivity contribution in [2.24, 2.45) is 11.8 Å². The Morgan fingerprint density at radius 1 is 1.19 bits per heavy atom. The van der Waals surface area contributed by atoms with Crippen LogP contribution in [0.15, 0.2) is 18.5 Å². The van der Waals surface area contributed by atoms with Gasteiger partial charge in [0.25, 0.3) is 0 Å². The zero-order valence-electron chi connectivity index (χ0n) is 12.5. The van der Waals surface area contributed by atoms with Gasteiger partial charge in [0.1, 0.15) is 0 Å². The number of hydrogen-bond acceptors (Lipinski definition) is 1. The van der Waals surface area contributed by atoms with Gasteiger partial charge in [-0.1, -0.05) is 43.1 Å². The van der Waals surface area contributed by atoms with E-state index >= 15 is 0 Å². The fraction of sp³-hybridized carbons (Fsp3) is 0.688. The van der Waals surface area contributed by atoms with Crippen LogP contribution in [-0.4, -0.2) is 9.81 Å². The number of hydrogen-bond donors (Lipinski definition) is 0. The first-order chi connectivity index (χ1) is 9.64. The van der Waals surface area contributed by atoms with Gasteiger partial charge in [-0.05, 0) is 41.7 Å². The molecule has 1 aliphatic carbocycles. The minimum absolute atomic E-state index is 0.180. The Balaban J connectivity index is 2.40. The minimum Gasteiger partial charge on any atom is -0.264 e. The van der Waals surface area contributed by atoms with Crippen molar-refractivity contribution < 1.29 is 13.2 Å². The highest BCUT2D eigenvalue weighted by Crippen LogP contribution is 2.47. The molecule has 0 aliphatic heterocycles. The summed E-state index contributed by atoms with van der Waals surface area (Å²) in [5.74, 6) is 0.802. The average Bonchev–Trinajstić information content (AvgIpc) is 2.37. The van der Waals surface area contributed by atoms with Gasteiger partial charge < -0.3 is 0 Å². The Hall–Kier alpha value is -0.580. The third-order valence-electron chi connectivity index (χ3n) is 4.78. The summed E-state index contributed by atoms with van der Waals surface area (Å²) in [5, 5.41) is 0. The Kier molecular flexibility index (Phi) is 4.72. The summed E-state index contributed by atoms with van der Waals surface area (Å²) in [5.41, 5.74) is -0.810. The zero-order valence-corrected chi connectivity index (χ0v) is 14.1. The molecule has 1 aliphatic rings. The largest absolute Gasteiger partial charge is 0.416 e. The SMILES string of the molecule is CC1CCC(C(C)(C)c2cnccc2C(F)(F)F)C(Br)C1. The summed E-state index contributed by atoms with van der Waals surface area (Å²) in [6.45, 7) is 6.02. The van der Waals surface area contributed by atoms with E-state index in [1.54, 1.807) is 0 Å². The van der Waals surface area contributed by atoms with E-state index < -0.39 is 17.2 Å². The summed E-state index contributed by atoms with van der Waals surface area (Å²) in [7, 11) is 0. The van der Waals surface area contributed by atoms with Crippen LogP contribution in [0.3, 0.4) is 0 Å². The van der Waals surface area contributed by atoms with Crippen molar-refractivity contribution in [1.29, 1.82) is 0 Å². The summed E-state index contributed by atoms with van der Waals surface area (Å²) >= 11 is 3.70. The number of halogens is 4. The Morgan fingerprint density at radius 2 is 1.86 bits per heavy atom. The van der Waals surface area contributed by atoms with Crippen LogP contribution in [0.4, 0.5) is 13.2 Å². The molecule has 0 saturated heterocycles. The van der Waals surface area contributed by atoms with Crippen LogP contribution in [0, 0.1) is 11.8 Å². The molecular weight excluding hydrogens is 343 g/mol. The smallest absolute Gasteiger partial charge is 0.264 e. The molecule has 5 heteroatoms. The second-order valence-electron chi connectivity index (χ2n) is 6.68. The highest BCUT2D eigenvalue weighted by molar-refractivity contribution is 9.09. The maximum Gasteiger partial charge on any atom is 0.416 e. The second-order valence-corrected chi connectivity index (χ2v) is 7.86. The number of alkyl halides is 4. The molecule has 2 rings (SSSR count). The molecule has 3 unspecified atom stereocenters. The van der Waals surface area contributed by atoms with Crippen LogP contribution in [0.2, 0.25) is 0 Å². The van der Waals surface area contributed by atoms with Gasteiger partial charge in [0.05, 0.1) is 5.56 Å². The molecule has 0 N–H and O–H groups in total. The van der Waals surface area contributed by atoms with Gasteiger partial charge in [0.15, 0.2) is 0 Å². The zero-order chi connectivity index (χ0) is 15.8. The van der Waals surface area contributed by atoms with Crippen LogP contribution in [0.5, 0.6) is 0 Å². The summed E-state index contributed by atoms with van der Waals surface area (Å²) in [6, 6.07) is 1.09. The van der Waals surface area contributed by atoms with Crippen molar-refractivity contribution in [2.45, 2.75) is 56.5 Å². The van der Waals surface area contributed by atoms with Crippen molar-refractivity contribution >= 4 is 15.9 Å². The second kappa shape index (κ2) is 5.90. The van der Waals surface area contributed by atoms with E-state index in [0.717, 1.165) is 25.3 Å². The predicted octanol–water partition coefficient (Wildman–Crippen LogP) is 5.58. The van der Waals surface area contributed by atoms with Crippen molar-refractivity contribution in [3.8, 4) is 0 Å². The third-order valence-corrected chi connectivity index (χ3v) is 5.79. The highest BCUT2D eigenvalue weighted by atomic mass is 79.9. The summed E-state index contributed by atoms with van der Waals surface area (Å²) in [6.07, 6.45) is 1.29. The summed E-state index contributed by atoms with van der Waals surface area (Å²) in [4.78, 5) is 4.19. The Bertz CT molecular complexity index is 499. The third kappa shape index (κ3) is 3.43. The van der Waals surface area contributed by atoms with Gasteiger partial charge in [-0.15, -0.1) is 0 Å². The van der Waals surface area contributed by atoms with E-state index in [0.29, 0.717) is 11.5 Å². The van der Waals surface area contributed by atoms with E-state index in [1.807, 2.05) is 13.8 Å². The van der Waals surface area contributed by atoms with Crippen molar-refractivity contribution in [2.75, 3.05) is 0 Å². The molecule has 1 heterocycles. The molecule has 118 valence electrons. The molecule has 21 heavy (non-hydrogen) atoms. The van der Waals surface area contributed by atoms with E-state index in [4.69, 9.17) is 0 Å². The first-order valence-corrected chi connectivity index (χ1v) is 8.21. The van der Waals surface area contributed by atoms with Crippen LogP contribution in [0.25, 0.3) is 0 Å². The monoisotopic (exact) mass is 363 g/mol. The van der Waals surface area contributed by atoms with Gasteiger partial charge >= 0.3 is 6.18 Å². The molecule has 0 spiro atoms. The standard InChI is InChI=1S/C16H21BrF3N/c1-10-4-5-12(14(17)8-10)15(2,3)13-9-21-7-6-11(13)16(18,19)20/h6-7,9-10,12,14H,4-5,8H2,1-3H3. The molecule has 1 aromatic heterocycles. The number of aromatic nitrogens is 1. The van der Waals surface area contributed by atoms with Crippen LogP contribution >= 0.6 is 15.9 Å². The molecular formula is C16H21BrF3N. The van der Waals surface area contributed by atoms with E-state index in [1.165, 1.54) is 12.4 Å². The van der Waals surface area contributed by atoms with Gasteiger partial charge in [-0.3, -0.25) is 4.98 Å². The quantitative estimate of drug-likeness (QED) is 0.625. The lowest BCUT2D eigenvalue weighted by molar-refractivity contribution is -0.139. The molecule has 0 amide bonds. The van der Waals surface area contributed by atoms with Crippen LogP contribution in [0.1, 0.15) is 51.2 Å². The van der Waals surface area contributed by atoms with Gasteiger partial charge in [-0.2, -0.15) is 13.2 Å². The number of nitrogens with zero attached hydrogens (tertiary/aromatic N) is 1. The lowest BCUT2D eigenvalue weighted by atomic mass is 9.65. The average molecular weight is 364 g/mol. The maximum absolute atomic E-state index is 13.3. The topological polar surface area (TPSA) is 12.9 Å². The first kappa shape index (κ1) is 16.8. The molecule has 1 saturated carbocycles. The fourth-order valence-corrected chi connectivity index (χ4v) is 5.04. The van der Waals surface area contributed by atoms with Crippen molar-refractivity contribution in [3.05, 3.63) is 29.6 Å². The van der Waals surface area contributed by atoms with E-state index in [2.05, 4.69) is 27.8 Å². The van der Waals surface area contributed by atoms with Crippen LogP contribution in [-0.2, 0) is 11.6 Å². The molecule has 3 atom stereocenters. The number of rotatable bonds is 2. The Morgan fingerprint density at radius 3 is 2.43 bits per heavy atom. The molecule has 1 fully saturated rings. The summed E-state index contributed by atoms with van der Waals surface area (Å²) < 4.78 is 39.8. The molecule has 0 bridgehead atoms. The first-order valence-electron chi connectivity index (χ1n) is 7.29. The predicted molar refractivity (Wildman–Crippen MR) is 81.5 cm³/mol.